The molecule has 1 aromatic carbocycles. The van der Waals surface area contributed by atoms with E-state index in [1.54, 1.807) is 11.3 Å². The van der Waals surface area contributed by atoms with Crippen molar-refractivity contribution in [2.24, 2.45) is 0 Å². The average Bonchev–Trinajstić information content (AvgIpc) is 3.17. The van der Waals surface area contributed by atoms with Gasteiger partial charge in [0.1, 0.15) is 5.01 Å². The lowest BCUT2D eigenvalue weighted by atomic mass is 10.2. The molecule has 0 aliphatic rings. The quantitative estimate of drug-likeness (QED) is 0.566. The molecular formula is C17H13N3S. The van der Waals surface area contributed by atoms with Crippen LogP contribution >= 0.6 is 11.3 Å². The van der Waals surface area contributed by atoms with E-state index >= 15 is 0 Å². The van der Waals surface area contributed by atoms with Gasteiger partial charge < -0.3 is 4.57 Å². The van der Waals surface area contributed by atoms with E-state index in [1.165, 1.54) is 11.1 Å². The molecule has 0 N–H and O–H groups in total. The maximum absolute atomic E-state index is 4.74. The number of rotatable bonds is 3. The zero-order chi connectivity index (χ0) is 14.1. The van der Waals surface area contributed by atoms with Crippen molar-refractivity contribution < 1.29 is 0 Å². The zero-order valence-electron chi connectivity index (χ0n) is 11.3. The molecule has 3 aromatic heterocycles. The third-order valence-electron chi connectivity index (χ3n) is 3.48. The molecule has 0 spiro atoms. The lowest BCUT2D eigenvalue weighted by molar-refractivity contribution is 0.815. The maximum atomic E-state index is 4.74. The summed E-state index contributed by atoms with van der Waals surface area (Å²) in [4.78, 5) is 8.89. The molecular weight excluding hydrogens is 278 g/mol. The van der Waals surface area contributed by atoms with E-state index in [0.29, 0.717) is 0 Å². The number of hydrogen-bond donors (Lipinski definition) is 0. The highest BCUT2D eigenvalue weighted by Crippen LogP contribution is 2.24. The molecule has 0 fully saturated rings. The number of fused-ring (bicyclic) bond motifs is 1. The van der Waals surface area contributed by atoms with Crippen molar-refractivity contribution in [3.05, 3.63) is 72.1 Å². The summed E-state index contributed by atoms with van der Waals surface area (Å²) in [5.41, 5.74) is 3.46. The molecule has 0 aliphatic heterocycles. The van der Waals surface area contributed by atoms with E-state index in [1.807, 2.05) is 36.7 Å². The minimum atomic E-state index is 0.789. The highest BCUT2D eigenvalue weighted by atomic mass is 32.1. The molecule has 4 rings (SSSR count). The monoisotopic (exact) mass is 291 g/mol. The summed E-state index contributed by atoms with van der Waals surface area (Å²) in [6, 6.07) is 14.4. The third-order valence-corrected chi connectivity index (χ3v) is 4.42. The zero-order valence-corrected chi connectivity index (χ0v) is 12.1. The largest absolute Gasteiger partial charge is 0.341 e. The third kappa shape index (κ3) is 2.34. The second-order valence-electron chi connectivity index (χ2n) is 4.89. The highest BCUT2D eigenvalue weighted by Gasteiger charge is 2.06. The van der Waals surface area contributed by atoms with E-state index in [9.17, 15) is 0 Å². The van der Waals surface area contributed by atoms with Gasteiger partial charge in [0.25, 0.3) is 0 Å². The molecule has 102 valence electrons. The van der Waals surface area contributed by atoms with Gasteiger partial charge in [0, 0.05) is 34.9 Å². The summed E-state index contributed by atoms with van der Waals surface area (Å²) in [7, 11) is 0. The Balaban J connectivity index is 1.65. The lowest BCUT2D eigenvalue weighted by Crippen LogP contribution is -1.98. The van der Waals surface area contributed by atoms with Crippen LogP contribution in [0.3, 0.4) is 0 Å². The van der Waals surface area contributed by atoms with Crippen molar-refractivity contribution >= 4 is 22.2 Å². The van der Waals surface area contributed by atoms with E-state index in [-0.39, 0.29) is 0 Å². The fraction of sp³-hybridized carbons (Fsp3) is 0.0588. The Morgan fingerprint density at radius 3 is 2.86 bits per heavy atom. The van der Waals surface area contributed by atoms with Gasteiger partial charge in [-0.15, -0.1) is 11.3 Å². The van der Waals surface area contributed by atoms with Crippen LogP contribution in [0.25, 0.3) is 21.5 Å². The van der Waals surface area contributed by atoms with E-state index in [0.717, 1.165) is 22.6 Å². The summed E-state index contributed by atoms with van der Waals surface area (Å²) < 4.78 is 2.21. The first-order valence-electron chi connectivity index (χ1n) is 6.79. The summed E-state index contributed by atoms with van der Waals surface area (Å²) >= 11 is 1.69. The molecule has 4 heteroatoms. The van der Waals surface area contributed by atoms with E-state index < -0.39 is 0 Å². The van der Waals surface area contributed by atoms with Crippen LogP contribution in [0.4, 0.5) is 0 Å². The van der Waals surface area contributed by atoms with Crippen molar-refractivity contribution in [3.8, 4) is 10.6 Å². The maximum Gasteiger partial charge on any atom is 0.123 e. The van der Waals surface area contributed by atoms with Crippen molar-refractivity contribution in [3.63, 3.8) is 0 Å². The van der Waals surface area contributed by atoms with Gasteiger partial charge in [-0.05, 0) is 12.1 Å². The molecule has 0 bridgehead atoms. The van der Waals surface area contributed by atoms with Crippen molar-refractivity contribution in [2.75, 3.05) is 0 Å². The first-order chi connectivity index (χ1) is 10.4. The van der Waals surface area contributed by atoms with Crippen LogP contribution in [-0.2, 0) is 6.54 Å². The molecule has 4 aromatic rings. The Morgan fingerprint density at radius 2 is 1.95 bits per heavy atom. The van der Waals surface area contributed by atoms with Gasteiger partial charge in [0.2, 0.25) is 0 Å². The summed E-state index contributed by atoms with van der Waals surface area (Å²) in [5, 5.41) is 4.37. The fourth-order valence-corrected chi connectivity index (χ4v) is 3.26. The summed E-state index contributed by atoms with van der Waals surface area (Å²) in [6.07, 6.45) is 5.81. The van der Waals surface area contributed by atoms with Crippen LogP contribution in [0.1, 0.15) is 5.69 Å². The first-order valence-corrected chi connectivity index (χ1v) is 7.67. The van der Waals surface area contributed by atoms with Crippen LogP contribution in [0.2, 0.25) is 0 Å². The van der Waals surface area contributed by atoms with Crippen molar-refractivity contribution in [2.45, 2.75) is 6.54 Å². The Bertz CT molecular complexity index is 877. The Morgan fingerprint density at radius 1 is 1.05 bits per heavy atom. The molecule has 3 heterocycles. The second-order valence-corrected chi connectivity index (χ2v) is 5.75. The SMILES string of the molecule is c1ccc(-c2nc(Cn3ccc4cnccc43)cs2)cc1. The van der Waals surface area contributed by atoms with Crippen LogP contribution < -0.4 is 0 Å². The smallest absolute Gasteiger partial charge is 0.123 e. The molecule has 0 saturated heterocycles. The number of pyridine rings is 1. The van der Waals surface area contributed by atoms with Gasteiger partial charge in [-0.25, -0.2) is 4.98 Å². The first kappa shape index (κ1) is 12.3. The Hall–Kier alpha value is -2.46. The number of thiazole rings is 1. The van der Waals surface area contributed by atoms with Gasteiger partial charge in [-0.2, -0.15) is 0 Å². The van der Waals surface area contributed by atoms with Gasteiger partial charge in [-0.1, -0.05) is 30.3 Å². The molecule has 0 saturated carbocycles. The van der Waals surface area contributed by atoms with Crippen LogP contribution in [0, 0.1) is 0 Å². The number of aromatic nitrogens is 3. The summed E-state index contributed by atoms with van der Waals surface area (Å²) in [5.74, 6) is 0. The van der Waals surface area contributed by atoms with E-state index in [2.05, 4.69) is 39.3 Å². The van der Waals surface area contributed by atoms with Gasteiger partial charge in [0.05, 0.1) is 17.8 Å². The number of nitrogens with zero attached hydrogens (tertiary/aromatic N) is 3. The van der Waals surface area contributed by atoms with Crippen LogP contribution in [-0.4, -0.2) is 14.5 Å². The normalized spacial score (nSPS) is 11.0. The predicted molar refractivity (Wildman–Crippen MR) is 86.4 cm³/mol. The lowest BCUT2D eigenvalue weighted by Gasteiger charge is -2.02. The fourth-order valence-electron chi connectivity index (χ4n) is 2.45. The van der Waals surface area contributed by atoms with Gasteiger partial charge >= 0.3 is 0 Å². The molecule has 0 radical (unpaired) electrons. The highest BCUT2D eigenvalue weighted by molar-refractivity contribution is 7.13. The van der Waals surface area contributed by atoms with Crippen LogP contribution in [0.15, 0.2) is 66.4 Å². The second kappa shape index (κ2) is 5.14. The van der Waals surface area contributed by atoms with E-state index in [4.69, 9.17) is 4.98 Å². The minimum Gasteiger partial charge on any atom is -0.341 e. The summed E-state index contributed by atoms with van der Waals surface area (Å²) in [6.45, 7) is 0.789. The number of hydrogen-bond acceptors (Lipinski definition) is 3. The molecule has 0 atom stereocenters. The van der Waals surface area contributed by atoms with Gasteiger partial charge in [0.15, 0.2) is 0 Å². The van der Waals surface area contributed by atoms with Gasteiger partial charge in [-0.3, -0.25) is 4.98 Å². The topological polar surface area (TPSA) is 30.7 Å². The van der Waals surface area contributed by atoms with Crippen LogP contribution in [0.5, 0.6) is 0 Å². The molecule has 0 aliphatic carbocycles. The number of benzene rings is 1. The molecule has 0 amide bonds. The molecule has 3 nitrogen and oxygen atoms in total. The Labute approximate surface area is 126 Å². The van der Waals surface area contributed by atoms with Crippen molar-refractivity contribution in [1.29, 1.82) is 0 Å². The average molecular weight is 291 g/mol. The minimum absolute atomic E-state index is 0.789. The predicted octanol–water partition coefficient (Wildman–Crippen LogP) is 4.21. The van der Waals surface area contributed by atoms with Crippen molar-refractivity contribution in [1.82, 2.24) is 14.5 Å². The Kier molecular flexibility index (Phi) is 3.01. The molecule has 21 heavy (non-hydrogen) atoms. The molecule has 0 unspecified atom stereocenters. The standard InChI is InChI=1S/C17H13N3S/c1-2-4-13(5-3-1)17-19-15(12-21-17)11-20-9-7-14-10-18-8-6-16(14)20/h1-10,12H,11H2.